The normalized spacial score (nSPS) is 18.8. The van der Waals surface area contributed by atoms with Gasteiger partial charge in [0, 0.05) is 0 Å². The third-order valence-corrected chi connectivity index (χ3v) is 3.40. The molecule has 1 unspecified atom stereocenters. The van der Waals surface area contributed by atoms with Gasteiger partial charge in [0.1, 0.15) is 5.75 Å². The van der Waals surface area contributed by atoms with Crippen molar-refractivity contribution in [3.05, 3.63) is 29.3 Å². The fraction of sp³-hybridized carbons (Fsp3) is 0.467. The zero-order valence-corrected chi connectivity index (χ0v) is 11.4. The van der Waals surface area contributed by atoms with Gasteiger partial charge in [-0.25, -0.2) is 0 Å². The molecule has 0 amide bonds. The predicted molar refractivity (Wildman–Crippen MR) is 70.0 cm³/mol. The second-order valence-electron chi connectivity index (χ2n) is 5.12. The standard InChI is InChI=1S/C15H18O4/c1-9(2)10-4-5-13(18-3)11(6-10)7-12-8-14(16)19-15(12)17/h4-6,9,12H,7-8H2,1-3H3. The molecule has 1 aromatic carbocycles. The Morgan fingerprint density at radius 2 is 2.11 bits per heavy atom. The van der Waals surface area contributed by atoms with E-state index in [2.05, 4.69) is 18.6 Å². The van der Waals surface area contributed by atoms with Crippen LogP contribution in [0.5, 0.6) is 5.75 Å². The zero-order chi connectivity index (χ0) is 14.0. The molecule has 0 bridgehead atoms. The molecule has 19 heavy (non-hydrogen) atoms. The minimum atomic E-state index is -0.436. The summed E-state index contributed by atoms with van der Waals surface area (Å²) in [6.07, 6.45) is 0.641. The first-order chi connectivity index (χ1) is 9.01. The number of cyclic esters (lactones) is 2. The van der Waals surface area contributed by atoms with Crippen molar-refractivity contribution < 1.29 is 19.1 Å². The van der Waals surface area contributed by atoms with Crippen LogP contribution >= 0.6 is 0 Å². The summed E-state index contributed by atoms with van der Waals surface area (Å²) in [5, 5.41) is 0. The highest BCUT2D eigenvalue weighted by atomic mass is 16.6. The van der Waals surface area contributed by atoms with Crippen LogP contribution in [0.2, 0.25) is 0 Å². The first kappa shape index (κ1) is 13.6. The van der Waals surface area contributed by atoms with Crippen LogP contribution in [-0.2, 0) is 20.7 Å². The van der Waals surface area contributed by atoms with Crippen molar-refractivity contribution >= 4 is 11.9 Å². The van der Waals surface area contributed by atoms with E-state index >= 15 is 0 Å². The summed E-state index contributed by atoms with van der Waals surface area (Å²) in [4.78, 5) is 22.6. The lowest BCUT2D eigenvalue weighted by molar-refractivity contribution is -0.153. The second kappa shape index (κ2) is 5.43. The molecule has 1 saturated heterocycles. The zero-order valence-electron chi connectivity index (χ0n) is 11.4. The van der Waals surface area contributed by atoms with Gasteiger partial charge in [0.15, 0.2) is 0 Å². The highest BCUT2D eigenvalue weighted by molar-refractivity contribution is 5.94. The molecule has 1 atom stereocenters. The lowest BCUT2D eigenvalue weighted by atomic mass is 9.93. The first-order valence-electron chi connectivity index (χ1n) is 6.42. The highest BCUT2D eigenvalue weighted by Gasteiger charge is 2.33. The summed E-state index contributed by atoms with van der Waals surface area (Å²) in [6, 6.07) is 5.97. The summed E-state index contributed by atoms with van der Waals surface area (Å²) in [6.45, 7) is 4.22. The van der Waals surface area contributed by atoms with Crippen molar-refractivity contribution in [3.8, 4) is 5.75 Å². The molecule has 0 aliphatic carbocycles. The van der Waals surface area contributed by atoms with Crippen LogP contribution in [0.1, 0.15) is 37.3 Å². The Hall–Kier alpha value is -1.84. The maximum atomic E-state index is 11.5. The average Bonchev–Trinajstić information content (AvgIpc) is 2.67. The molecular formula is C15H18O4. The monoisotopic (exact) mass is 262 g/mol. The maximum absolute atomic E-state index is 11.5. The molecule has 4 heteroatoms. The molecule has 0 radical (unpaired) electrons. The summed E-state index contributed by atoms with van der Waals surface area (Å²) in [7, 11) is 1.60. The Kier molecular flexibility index (Phi) is 3.88. The van der Waals surface area contributed by atoms with Crippen LogP contribution in [0.3, 0.4) is 0 Å². The van der Waals surface area contributed by atoms with Crippen LogP contribution in [0, 0.1) is 5.92 Å². The Bertz CT molecular complexity index is 505. The van der Waals surface area contributed by atoms with Crippen molar-refractivity contribution in [3.63, 3.8) is 0 Å². The minimum absolute atomic E-state index is 0.161. The molecule has 0 N–H and O–H groups in total. The van der Waals surface area contributed by atoms with E-state index in [0.29, 0.717) is 12.3 Å². The van der Waals surface area contributed by atoms with E-state index in [0.717, 1.165) is 11.3 Å². The third kappa shape index (κ3) is 2.95. The lowest BCUT2D eigenvalue weighted by Crippen LogP contribution is -2.11. The van der Waals surface area contributed by atoms with E-state index in [1.54, 1.807) is 7.11 Å². The highest BCUT2D eigenvalue weighted by Crippen LogP contribution is 2.29. The van der Waals surface area contributed by atoms with Crippen LogP contribution in [0.15, 0.2) is 18.2 Å². The minimum Gasteiger partial charge on any atom is -0.496 e. The summed E-state index contributed by atoms with van der Waals surface area (Å²) in [5.41, 5.74) is 2.14. The van der Waals surface area contributed by atoms with Gasteiger partial charge in [0.05, 0.1) is 19.4 Å². The van der Waals surface area contributed by atoms with Gasteiger partial charge in [-0.05, 0) is 29.5 Å². The number of carbonyl (C=O) groups is 2. The summed E-state index contributed by atoms with van der Waals surface area (Å²) < 4.78 is 9.89. The van der Waals surface area contributed by atoms with E-state index in [1.807, 2.05) is 18.2 Å². The fourth-order valence-electron chi connectivity index (χ4n) is 2.26. The van der Waals surface area contributed by atoms with Gasteiger partial charge in [0.25, 0.3) is 0 Å². The van der Waals surface area contributed by atoms with Crippen molar-refractivity contribution in [2.75, 3.05) is 7.11 Å². The number of esters is 2. The van der Waals surface area contributed by atoms with Crippen LogP contribution in [-0.4, -0.2) is 19.0 Å². The largest absolute Gasteiger partial charge is 0.496 e. The van der Waals surface area contributed by atoms with Crippen LogP contribution in [0.4, 0.5) is 0 Å². The Morgan fingerprint density at radius 3 is 2.63 bits per heavy atom. The van der Waals surface area contributed by atoms with Gasteiger partial charge in [-0.3, -0.25) is 9.59 Å². The topological polar surface area (TPSA) is 52.6 Å². The Morgan fingerprint density at radius 1 is 1.37 bits per heavy atom. The van der Waals surface area contributed by atoms with Gasteiger partial charge >= 0.3 is 11.9 Å². The molecule has 0 aromatic heterocycles. The Balaban J connectivity index is 2.25. The summed E-state index contributed by atoms with van der Waals surface area (Å²) in [5.74, 6) is -0.0989. The number of carbonyl (C=O) groups excluding carboxylic acids is 2. The second-order valence-corrected chi connectivity index (χ2v) is 5.12. The number of ether oxygens (including phenoxy) is 2. The quantitative estimate of drug-likeness (QED) is 0.618. The van der Waals surface area contributed by atoms with E-state index in [1.165, 1.54) is 5.56 Å². The third-order valence-electron chi connectivity index (χ3n) is 3.40. The fourth-order valence-corrected chi connectivity index (χ4v) is 2.26. The number of hydrogen-bond donors (Lipinski definition) is 0. The molecule has 1 fully saturated rings. The number of benzene rings is 1. The molecule has 102 valence electrons. The van der Waals surface area contributed by atoms with Gasteiger partial charge in [-0.15, -0.1) is 0 Å². The molecular weight excluding hydrogens is 244 g/mol. The molecule has 1 heterocycles. The summed E-state index contributed by atoms with van der Waals surface area (Å²) >= 11 is 0. The smallest absolute Gasteiger partial charge is 0.317 e. The lowest BCUT2D eigenvalue weighted by Gasteiger charge is -2.14. The van der Waals surface area contributed by atoms with Crippen molar-refractivity contribution in [1.82, 2.24) is 0 Å². The van der Waals surface area contributed by atoms with E-state index in [4.69, 9.17) is 4.74 Å². The molecule has 0 saturated carbocycles. The van der Waals surface area contributed by atoms with Gasteiger partial charge in [-0.1, -0.05) is 26.0 Å². The van der Waals surface area contributed by atoms with Gasteiger partial charge < -0.3 is 9.47 Å². The molecule has 1 aromatic rings. The number of rotatable bonds is 4. The molecule has 4 nitrogen and oxygen atoms in total. The van der Waals surface area contributed by atoms with Crippen molar-refractivity contribution in [2.45, 2.75) is 32.6 Å². The molecule has 1 aliphatic rings. The van der Waals surface area contributed by atoms with Crippen LogP contribution < -0.4 is 4.74 Å². The van der Waals surface area contributed by atoms with E-state index in [9.17, 15) is 9.59 Å². The van der Waals surface area contributed by atoms with Gasteiger partial charge in [-0.2, -0.15) is 0 Å². The number of hydrogen-bond acceptors (Lipinski definition) is 4. The molecule has 1 aliphatic heterocycles. The predicted octanol–water partition coefficient (Wildman–Crippen LogP) is 2.45. The molecule has 0 spiro atoms. The number of methoxy groups -OCH3 is 1. The van der Waals surface area contributed by atoms with Gasteiger partial charge in [0.2, 0.25) is 0 Å². The SMILES string of the molecule is COc1ccc(C(C)C)cc1CC1CC(=O)OC1=O. The maximum Gasteiger partial charge on any atom is 0.317 e. The van der Waals surface area contributed by atoms with E-state index in [-0.39, 0.29) is 12.3 Å². The van der Waals surface area contributed by atoms with Crippen molar-refractivity contribution in [1.29, 1.82) is 0 Å². The molecule has 2 rings (SSSR count). The average molecular weight is 262 g/mol. The van der Waals surface area contributed by atoms with E-state index < -0.39 is 11.9 Å². The van der Waals surface area contributed by atoms with Crippen LogP contribution in [0.25, 0.3) is 0 Å². The Labute approximate surface area is 112 Å². The van der Waals surface area contributed by atoms with Crippen molar-refractivity contribution in [2.24, 2.45) is 5.92 Å². The first-order valence-corrected chi connectivity index (χ1v) is 6.42.